The molecule has 0 amide bonds. The first-order valence-electron chi connectivity index (χ1n) is 5.59. The van der Waals surface area contributed by atoms with Crippen molar-refractivity contribution in [3.8, 4) is 0 Å². The van der Waals surface area contributed by atoms with E-state index >= 15 is 0 Å². The van der Waals surface area contributed by atoms with E-state index in [9.17, 15) is 4.79 Å². The maximum atomic E-state index is 10.7. The third kappa shape index (κ3) is 3.29. The van der Waals surface area contributed by atoms with E-state index in [2.05, 4.69) is 11.8 Å². The van der Waals surface area contributed by atoms with Crippen LogP contribution in [0.3, 0.4) is 0 Å². The number of carboxylic acids is 1. The fraction of sp³-hybridized carbons (Fsp3) is 0.909. The molecule has 0 heterocycles. The van der Waals surface area contributed by atoms with Gasteiger partial charge in [-0.05, 0) is 25.3 Å². The molecule has 1 aliphatic rings. The van der Waals surface area contributed by atoms with Gasteiger partial charge in [0, 0.05) is 6.04 Å². The van der Waals surface area contributed by atoms with Crippen LogP contribution in [0.4, 0.5) is 0 Å². The fourth-order valence-corrected chi connectivity index (χ4v) is 2.41. The van der Waals surface area contributed by atoms with Crippen molar-refractivity contribution in [2.45, 2.75) is 45.6 Å². The van der Waals surface area contributed by atoms with Crippen LogP contribution < -0.4 is 0 Å². The van der Waals surface area contributed by atoms with Gasteiger partial charge in [-0.2, -0.15) is 0 Å². The largest absolute Gasteiger partial charge is 0.480 e. The van der Waals surface area contributed by atoms with Crippen molar-refractivity contribution < 1.29 is 9.90 Å². The van der Waals surface area contributed by atoms with Crippen LogP contribution in [-0.4, -0.2) is 35.1 Å². The van der Waals surface area contributed by atoms with Gasteiger partial charge in [-0.3, -0.25) is 9.69 Å². The Morgan fingerprint density at radius 2 is 2.21 bits per heavy atom. The molecule has 1 N–H and O–H groups in total. The monoisotopic (exact) mass is 199 g/mol. The first kappa shape index (κ1) is 11.5. The quantitative estimate of drug-likeness (QED) is 0.752. The summed E-state index contributed by atoms with van der Waals surface area (Å²) in [6, 6.07) is 0.500. The third-order valence-corrected chi connectivity index (χ3v) is 3.17. The summed E-state index contributed by atoms with van der Waals surface area (Å²) in [7, 11) is 0. The summed E-state index contributed by atoms with van der Waals surface area (Å²) in [5, 5.41) is 8.77. The van der Waals surface area contributed by atoms with Crippen LogP contribution in [0.15, 0.2) is 0 Å². The van der Waals surface area contributed by atoms with Gasteiger partial charge >= 0.3 is 5.97 Å². The Morgan fingerprint density at radius 3 is 2.71 bits per heavy atom. The lowest BCUT2D eigenvalue weighted by atomic mass is 9.86. The zero-order valence-electron chi connectivity index (χ0n) is 9.20. The highest BCUT2D eigenvalue weighted by molar-refractivity contribution is 5.69. The summed E-state index contributed by atoms with van der Waals surface area (Å²) in [6.45, 7) is 5.36. The van der Waals surface area contributed by atoms with Gasteiger partial charge in [0.1, 0.15) is 0 Å². The van der Waals surface area contributed by atoms with Crippen molar-refractivity contribution in [1.29, 1.82) is 0 Å². The topological polar surface area (TPSA) is 40.5 Å². The van der Waals surface area contributed by atoms with Crippen LogP contribution >= 0.6 is 0 Å². The maximum absolute atomic E-state index is 10.7. The average molecular weight is 199 g/mol. The second-order valence-corrected chi connectivity index (χ2v) is 4.38. The van der Waals surface area contributed by atoms with Gasteiger partial charge < -0.3 is 5.11 Å². The number of nitrogens with zero attached hydrogens (tertiary/aromatic N) is 1. The molecule has 2 atom stereocenters. The molecule has 0 bridgehead atoms. The Hall–Kier alpha value is -0.570. The minimum absolute atomic E-state index is 0.202. The molecule has 1 saturated carbocycles. The maximum Gasteiger partial charge on any atom is 0.317 e. The van der Waals surface area contributed by atoms with Crippen molar-refractivity contribution >= 4 is 5.97 Å². The standard InChI is InChI=1S/C11H21NO2/c1-3-12(8-11(13)14)10-6-4-5-9(2)7-10/h9-10H,3-8H2,1-2H3,(H,13,14). The first-order valence-corrected chi connectivity index (χ1v) is 5.59. The molecule has 14 heavy (non-hydrogen) atoms. The van der Waals surface area contributed by atoms with Gasteiger partial charge in [0.05, 0.1) is 6.54 Å². The molecule has 0 aromatic carbocycles. The van der Waals surface area contributed by atoms with E-state index in [1.807, 2.05) is 6.92 Å². The van der Waals surface area contributed by atoms with E-state index in [1.165, 1.54) is 25.7 Å². The van der Waals surface area contributed by atoms with Crippen LogP contribution in [0.5, 0.6) is 0 Å². The Balaban J connectivity index is 2.46. The molecule has 0 aromatic rings. The number of carbonyl (C=O) groups is 1. The minimum Gasteiger partial charge on any atom is -0.480 e. The Bertz CT molecular complexity index is 194. The molecule has 1 aliphatic carbocycles. The smallest absolute Gasteiger partial charge is 0.317 e. The highest BCUT2D eigenvalue weighted by Crippen LogP contribution is 2.26. The lowest BCUT2D eigenvalue weighted by Gasteiger charge is -2.35. The first-order chi connectivity index (χ1) is 6.63. The lowest BCUT2D eigenvalue weighted by molar-refractivity contribution is -0.139. The minimum atomic E-state index is -0.704. The van der Waals surface area contributed by atoms with E-state index in [0.29, 0.717) is 6.04 Å². The molecular formula is C11H21NO2. The molecule has 0 spiro atoms. The second kappa shape index (κ2) is 5.35. The Kier molecular flexibility index (Phi) is 4.39. The molecule has 3 nitrogen and oxygen atoms in total. The number of carboxylic acid groups (broad SMARTS) is 1. The van der Waals surface area contributed by atoms with E-state index in [0.717, 1.165) is 12.5 Å². The predicted molar refractivity (Wildman–Crippen MR) is 56.3 cm³/mol. The second-order valence-electron chi connectivity index (χ2n) is 4.38. The molecule has 82 valence electrons. The van der Waals surface area contributed by atoms with Crippen molar-refractivity contribution in [2.24, 2.45) is 5.92 Å². The third-order valence-electron chi connectivity index (χ3n) is 3.17. The number of hydrogen-bond acceptors (Lipinski definition) is 2. The molecule has 0 aromatic heterocycles. The van der Waals surface area contributed by atoms with Crippen LogP contribution in [0.25, 0.3) is 0 Å². The number of hydrogen-bond donors (Lipinski definition) is 1. The van der Waals surface area contributed by atoms with Crippen LogP contribution in [0.2, 0.25) is 0 Å². The molecule has 0 aliphatic heterocycles. The summed E-state index contributed by atoms with van der Waals surface area (Å²) in [6.07, 6.45) is 4.90. The van der Waals surface area contributed by atoms with Crippen LogP contribution in [-0.2, 0) is 4.79 Å². The van der Waals surface area contributed by atoms with E-state index in [-0.39, 0.29) is 6.54 Å². The molecule has 2 unspecified atom stereocenters. The zero-order valence-corrected chi connectivity index (χ0v) is 9.20. The van der Waals surface area contributed by atoms with Crippen molar-refractivity contribution in [3.05, 3.63) is 0 Å². The molecular weight excluding hydrogens is 178 g/mol. The summed E-state index contributed by atoms with van der Waals surface area (Å²) >= 11 is 0. The van der Waals surface area contributed by atoms with Gasteiger partial charge in [-0.15, -0.1) is 0 Å². The predicted octanol–water partition coefficient (Wildman–Crippen LogP) is 1.97. The summed E-state index contributed by atoms with van der Waals surface area (Å²) in [5.41, 5.74) is 0. The SMILES string of the molecule is CCN(CC(=O)O)C1CCCC(C)C1. The zero-order chi connectivity index (χ0) is 10.6. The fourth-order valence-electron chi connectivity index (χ4n) is 2.41. The number of aliphatic carboxylic acids is 1. The Labute approximate surface area is 86.1 Å². The lowest BCUT2D eigenvalue weighted by Crippen LogP contribution is -2.41. The van der Waals surface area contributed by atoms with E-state index in [1.54, 1.807) is 0 Å². The highest BCUT2D eigenvalue weighted by Gasteiger charge is 2.24. The van der Waals surface area contributed by atoms with E-state index < -0.39 is 5.97 Å². The highest BCUT2D eigenvalue weighted by atomic mass is 16.4. The number of likely N-dealkylation sites (N-methyl/N-ethyl adjacent to an activating group) is 1. The molecule has 0 radical (unpaired) electrons. The molecule has 3 heteroatoms. The number of rotatable bonds is 4. The molecule has 1 fully saturated rings. The van der Waals surface area contributed by atoms with E-state index in [4.69, 9.17) is 5.11 Å². The normalized spacial score (nSPS) is 27.9. The van der Waals surface area contributed by atoms with Gasteiger partial charge in [-0.25, -0.2) is 0 Å². The van der Waals surface area contributed by atoms with Gasteiger partial charge in [0.2, 0.25) is 0 Å². The molecule has 0 saturated heterocycles. The van der Waals surface area contributed by atoms with Gasteiger partial charge in [0.15, 0.2) is 0 Å². The van der Waals surface area contributed by atoms with Crippen LogP contribution in [0.1, 0.15) is 39.5 Å². The summed E-state index contributed by atoms with van der Waals surface area (Å²) < 4.78 is 0. The summed E-state index contributed by atoms with van der Waals surface area (Å²) in [5.74, 6) is 0.0571. The van der Waals surface area contributed by atoms with Crippen molar-refractivity contribution in [2.75, 3.05) is 13.1 Å². The Morgan fingerprint density at radius 1 is 1.50 bits per heavy atom. The summed E-state index contributed by atoms with van der Waals surface area (Å²) in [4.78, 5) is 12.7. The molecule has 1 rings (SSSR count). The van der Waals surface area contributed by atoms with Gasteiger partial charge in [-0.1, -0.05) is 26.7 Å². The van der Waals surface area contributed by atoms with Crippen LogP contribution in [0, 0.1) is 5.92 Å². The van der Waals surface area contributed by atoms with Crippen molar-refractivity contribution in [3.63, 3.8) is 0 Å². The van der Waals surface area contributed by atoms with Crippen molar-refractivity contribution in [1.82, 2.24) is 4.90 Å². The average Bonchev–Trinajstić information content (AvgIpc) is 2.14. The van der Waals surface area contributed by atoms with Gasteiger partial charge in [0.25, 0.3) is 0 Å².